The van der Waals surface area contributed by atoms with Crippen LogP contribution in [-0.4, -0.2) is 15.9 Å². The number of nitrogens with two attached hydrogens (primary N) is 1. The Bertz CT molecular complexity index is 733. The molecular formula is C10H6N2O6. The van der Waals surface area contributed by atoms with Gasteiger partial charge in [0.2, 0.25) is 0 Å². The van der Waals surface area contributed by atoms with Gasteiger partial charge in [0.15, 0.2) is 5.56 Å². The molecule has 0 aliphatic rings. The summed E-state index contributed by atoms with van der Waals surface area (Å²) in [5.41, 5.74) is 2.58. The molecule has 2 rings (SSSR count). The van der Waals surface area contributed by atoms with Crippen molar-refractivity contribution in [3.63, 3.8) is 0 Å². The Morgan fingerprint density at radius 3 is 2.67 bits per heavy atom. The number of nitrogens with zero attached hydrogens (tertiary/aromatic N) is 1. The molecule has 0 saturated heterocycles. The summed E-state index contributed by atoms with van der Waals surface area (Å²) in [4.78, 5) is 32.2. The van der Waals surface area contributed by atoms with Gasteiger partial charge in [0.1, 0.15) is 11.3 Å². The van der Waals surface area contributed by atoms with Crippen LogP contribution in [0.3, 0.4) is 0 Å². The second kappa shape index (κ2) is 3.84. The van der Waals surface area contributed by atoms with Gasteiger partial charge in [-0.2, -0.15) is 0 Å². The lowest BCUT2D eigenvalue weighted by Gasteiger charge is -2.02. The topological polar surface area (TPSA) is 137 Å². The largest absolute Gasteiger partial charge is 0.506 e. The number of primary amides is 1. The van der Waals surface area contributed by atoms with Crippen LogP contribution in [0.1, 0.15) is 10.4 Å². The molecule has 8 nitrogen and oxygen atoms in total. The van der Waals surface area contributed by atoms with Gasteiger partial charge in [-0.15, -0.1) is 0 Å². The van der Waals surface area contributed by atoms with Gasteiger partial charge in [-0.1, -0.05) is 0 Å². The molecule has 0 spiro atoms. The molecule has 0 bridgehead atoms. The van der Waals surface area contributed by atoms with E-state index in [2.05, 4.69) is 0 Å². The molecule has 0 saturated carbocycles. The number of aromatic hydroxyl groups is 1. The van der Waals surface area contributed by atoms with Crippen LogP contribution in [0.15, 0.2) is 27.4 Å². The highest BCUT2D eigenvalue weighted by Crippen LogP contribution is 2.28. The molecule has 2 aromatic rings. The van der Waals surface area contributed by atoms with Gasteiger partial charge in [-0.05, 0) is 6.07 Å². The quantitative estimate of drug-likeness (QED) is 0.452. The van der Waals surface area contributed by atoms with Gasteiger partial charge in [0.05, 0.1) is 16.4 Å². The predicted octanol–water partition coefficient (Wildman–Crippen LogP) is 0.506. The molecule has 0 fully saturated rings. The van der Waals surface area contributed by atoms with Gasteiger partial charge in [-0.3, -0.25) is 14.9 Å². The second-order valence-electron chi connectivity index (χ2n) is 3.41. The van der Waals surface area contributed by atoms with Crippen LogP contribution in [0.25, 0.3) is 11.0 Å². The fraction of sp³-hybridized carbons (Fsp3) is 0. The van der Waals surface area contributed by atoms with E-state index in [0.717, 1.165) is 18.2 Å². The van der Waals surface area contributed by atoms with Crippen LogP contribution in [0.4, 0.5) is 5.69 Å². The maximum absolute atomic E-state index is 11.4. The molecular weight excluding hydrogens is 244 g/mol. The zero-order valence-electron chi connectivity index (χ0n) is 8.75. The fourth-order valence-electron chi connectivity index (χ4n) is 1.50. The average molecular weight is 250 g/mol. The van der Waals surface area contributed by atoms with E-state index in [1.165, 1.54) is 0 Å². The molecule has 1 amide bonds. The summed E-state index contributed by atoms with van der Waals surface area (Å²) in [6, 6.07) is 3.24. The number of non-ortho nitro benzene ring substituents is 1. The van der Waals surface area contributed by atoms with Gasteiger partial charge in [0, 0.05) is 6.07 Å². The lowest BCUT2D eigenvalue weighted by atomic mass is 10.1. The maximum Gasteiger partial charge on any atom is 0.353 e. The summed E-state index contributed by atoms with van der Waals surface area (Å²) < 4.78 is 4.70. The smallest absolute Gasteiger partial charge is 0.353 e. The van der Waals surface area contributed by atoms with Crippen LogP contribution < -0.4 is 11.4 Å². The van der Waals surface area contributed by atoms with Crippen molar-refractivity contribution in [1.29, 1.82) is 0 Å². The molecule has 0 atom stereocenters. The van der Waals surface area contributed by atoms with Crippen LogP contribution in [0.5, 0.6) is 5.75 Å². The van der Waals surface area contributed by atoms with Crippen molar-refractivity contribution in [3.8, 4) is 5.75 Å². The third-order valence-electron chi connectivity index (χ3n) is 2.32. The van der Waals surface area contributed by atoms with Gasteiger partial charge in [0.25, 0.3) is 11.6 Å². The predicted molar refractivity (Wildman–Crippen MR) is 59.3 cm³/mol. The lowest BCUT2D eigenvalue weighted by molar-refractivity contribution is -0.384. The molecule has 1 aromatic heterocycles. The Kier molecular flexibility index (Phi) is 2.47. The number of amides is 1. The first-order chi connectivity index (χ1) is 8.41. The Balaban J connectivity index is 2.86. The van der Waals surface area contributed by atoms with Gasteiger partial charge >= 0.3 is 5.63 Å². The zero-order chi connectivity index (χ0) is 13.4. The normalized spacial score (nSPS) is 10.4. The highest BCUT2D eigenvalue weighted by molar-refractivity contribution is 6.00. The van der Waals surface area contributed by atoms with Crippen LogP contribution in [-0.2, 0) is 0 Å². The Morgan fingerprint density at radius 1 is 1.44 bits per heavy atom. The van der Waals surface area contributed by atoms with E-state index in [0.29, 0.717) is 0 Å². The van der Waals surface area contributed by atoms with E-state index in [4.69, 9.17) is 10.2 Å². The standard InChI is InChI=1S/C10H6N2O6/c11-9(14)7-8(13)5-2-1-4(12(16)17)3-6(5)18-10(7)15/h1-3,13H,(H2,11,14). The number of fused-ring (bicyclic) bond motifs is 1. The van der Waals surface area contributed by atoms with Crippen molar-refractivity contribution in [1.82, 2.24) is 0 Å². The number of benzene rings is 1. The molecule has 3 N–H and O–H groups in total. The minimum Gasteiger partial charge on any atom is -0.506 e. The van der Waals surface area contributed by atoms with E-state index in [1.807, 2.05) is 0 Å². The maximum atomic E-state index is 11.4. The van der Waals surface area contributed by atoms with Crippen LogP contribution in [0, 0.1) is 10.1 Å². The monoisotopic (exact) mass is 250 g/mol. The molecule has 18 heavy (non-hydrogen) atoms. The number of nitro groups is 1. The Hall–Kier alpha value is -2.90. The minimum atomic E-state index is -1.15. The van der Waals surface area contributed by atoms with Crippen molar-refractivity contribution in [3.05, 3.63) is 44.3 Å². The van der Waals surface area contributed by atoms with Crippen molar-refractivity contribution in [2.45, 2.75) is 0 Å². The number of hydrogen-bond donors (Lipinski definition) is 2. The van der Waals surface area contributed by atoms with E-state index in [-0.39, 0.29) is 16.7 Å². The Labute approximate surface area is 98.4 Å². The SMILES string of the molecule is NC(=O)c1c(O)c2ccc([N+](=O)[O-])cc2oc1=O. The van der Waals surface area contributed by atoms with Crippen molar-refractivity contribution in [2.24, 2.45) is 5.73 Å². The third-order valence-corrected chi connectivity index (χ3v) is 2.32. The molecule has 8 heteroatoms. The van der Waals surface area contributed by atoms with E-state index >= 15 is 0 Å². The van der Waals surface area contributed by atoms with Gasteiger partial charge in [-0.25, -0.2) is 4.79 Å². The summed E-state index contributed by atoms with van der Waals surface area (Å²) in [5, 5.41) is 20.2. The van der Waals surface area contributed by atoms with E-state index in [1.54, 1.807) is 0 Å². The molecule has 92 valence electrons. The average Bonchev–Trinajstić information content (AvgIpc) is 2.27. The fourth-order valence-corrected chi connectivity index (χ4v) is 1.50. The van der Waals surface area contributed by atoms with Crippen LogP contribution >= 0.6 is 0 Å². The second-order valence-corrected chi connectivity index (χ2v) is 3.41. The molecule has 0 aliphatic carbocycles. The Morgan fingerprint density at radius 2 is 2.11 bits per heavy atom. The lowest BCUT2D eigenvalue weighted by Crippen LogP contribution is -2.21. The van der Waals surface area contributed by atoms with E-state index < -0.39 is 27.8 Å². The minimum absolute atomic E-state index is 0.00556. The first-order valence-corrected chi connectivity index (χ1v) is 4.66. The van der Waals surface area contributed by atoms with Crippen molar-refractivity contribution < 1.29 is 19.2 Å². The summed E-state index contributed by atoms with van der Waals surface area (Å²) in [5.74, 6) is -1.79. The van der Waals surface area contributed by atoms with E-state index in [9.17, 15) is 24.8 Å². The number of hydrogen-bond acceptors (Lipinski definition) is 6. The zero-order valence-corrected chi connectivity index (χ0v) is 8.75. The van der Waals surface area contributed by atoms with Gasteiger partial charge < -0.3 is 15.3 Å². The molecule has 0 aliphatic heterocycles. The number of rotatable bonds is 2. The summed E-state index contributed by atoms with van der Waals surface area (Å²) in [6.07, 6.45) is 0. The highest BCUT2D eigenvalue weighted by Gasteiger charge is 2.20. The van der Waals surface area contributed by atoms with Crippen LogP contribution in [0.2, 0.25) is 0 Å². The van der Waals surface area contributed by atoms with Crippen molar-refractivity contribution >= 4 is 22.6 Å². The third kappa shape index (κ3) is 1.65. The number of carbonyl (C=O) groups excluding carboxylic acids is 1. The first-order valence-electron chi connectivity index (χ1n) is 4.66. The van der Waals surface area contributed by atoms with Crippen molar-refractivity contribution in [2.75, 3.05) is 0 Å². The molecule has 1 aromatic carbocycles. The number of carbonyl (C=O) groups is 1. The molecule has 0 radical (unpaired) electrons. The summed E-state index contributed by atoms with van der Waals surface area (Å²) in [7, 11) is 0. The summed E-state index contributed by atoms with van der Waals surface area (Å²) in [6.45, 7) is 0. The number of nitro benzene ring substituents is 1. The molecule has 1 heterocycles. The molecule has 0 unspecified atom stereocenters. The highest BCUT2D eigenvalue weighted by atomic mass is 16.6. The first kappa shape index (κ1) is 11.6. The summed E-state index contributed by atoms with van der Waals surface area (Å²) >= 11 is 0.